The van der Waals surface area contributed by atoms with Crippen molar-refractivity contribution in [3.05, 3.63) is 40.6 Å². The minimum absolute atomic E-state index is 0.0861. The highest BCUT2D eigenvalue weighted by Crippen LogP contribution is 2.33. The summed E-state index contributed by atoms with van der Waals surface area (Å²) in [5, 5.41) is 5.26. The molecule has 1 N–H and O–H groups in total. The van der Waals surface area contributed by atoms with Crippen molar-refractivity contribution in [2.45, 2.75) is 25.7 Å². The lowest BCUT2D eigenvalue weighted by Gasteiger charge is -2.30. The molecule has 2 aromatic rings. The van der Waals surface area contributed by atoms with E-state index in [0.29, 0.717) is 6.42 Å². The zero-order chi connectivity index (χ0) is 18.5. The topological polar surface area (TPSA) is 44.8 Å². The molecule has 0 saturated carbocycles. The summed E-state index contributed by atoms with van der Waals surface area (Å²) in [7, 11) is 0. The number of hydrogen-bond donors (Lipinski definition) is 1. The zero-order valence-corrected chi connectivity index (χ0v) is 16.5. The average molecular weight is 386 g/mol. The van der Waals surface area contributed by atoms with Gasteiger partial charge < -0.3 is 19.9 Å². The van der Waals surface area contributed by atoms with Gasteiger partial charge in [-0.2, -0.15) is 0 Å². The number of nitrogens with zero attached hydrogens (tertiary/aromatic N) is 2. The Morgan fingerprint density at radius 3 is 2.63 bits per heavy atom. The molecule has 1 aromatic carbocycles. The molecule has 1 amide bonds. The number of rotatable bonds is 6. The van der Waals surface area contributed by atoms with Crippen LogP contribution in [-0.2, 0) is 16.0 Å². The highest BCUT2D eigenvalue weighted by Gasteiger charge is 2.19. The molecule has 5 nitrogen and oxygen atoms in total. The Hall–Kier alpha value is -2.05. The molecule has 3 heterocycles. The molecule has 2 aliphatic heterocycles. The van der Waals surface area contributed by atoms with Crippen LogP contribution in [-0.4, -0.2) is 45.3 Å². The van der Waals surface area contributed by atoms with Crippen molar-refractivity contribution < 1.29 is 9.53 Å². The SMILES string of the molecule is O=C(CCc1cccs1)Nc1cc(N2CCOCC2)ccc1N1CCCC1. The van der Waals surface area contributed by atoms with Gasteiger partial charge in [-0.15, -0.1) is 11.3 Å². The Bertz CT molecular complexity index is 751. The maximum atomic E-state index is 12.6. The maximum Gasteiger partial charge on any atom is 0.224 e. The van der Waals surface area contributed by atoms with E-state index in [0.717, 1.165) is 62.9 Å². The quantitative estimate of drug-likeness (QED) is 0.822. The third kappa shape index (κ3) is 4.62. The second kappa shape index (κ2) is 8.76. The molecule has 2 aliphatic rings. The van der Waals surface area contributed by atoms with E-state index in [4.69, 9.17) is 4.74 Å². The molecule has 2 fully saturated rings. The van der Waals surface area contributed by atoms with Crippen molar-refractivity contribution in [2.24, 2.45) is 0 Å². The van der Waals surface area contributed by atoms with Gasteiger partial charge in [0.05, 0.1) is 24.6 Å². The van der Waals surface area contributed by atoms with Gasteiger partial charge in [0.1, 0.15) is 0 Å². The summed E-state index contributed by atoms with van der Waals surface area (Å²) >= 11 is 1.71. The number of nitrogens with one attached hydrogen (secondary N) is 1. The standard InChI is InChI=1S/C21H27N3O2S/c25-21(8-6-18-4-3-15-27-18)22-19-16-17(23-11-13-26-14-12-23)5-7-20(19)24-9-1-2-10-24/h3-5,7,15-16H,1-2,6,8-14H2,(H,22,25). The number of ether oxygens (including phenoxy) is 1. The van der Waals surface area contributed by atoms with Crippen LogP contribution in [0, 0.1) is 0 Å². The summed E-state index contributed by atoms with van der Waals surface area (Å²) < 4.78 is 5.47. The van der Waals surface area contributed by atoms with E-state index in [2.05, 4.69) is 44.8 Å². The maximum absolute atomic E-state index is 12.6. The van der Waals surface area contributed by atoms with E-state index in [1.54, 1.807) is 11.3 Å². The van der Waals surface area contributed by atoms with Crippen molar-refractivity contribution in [1.82, 2.24) is 0 Å². The van der Waals surface area contributed by atoms with Gasteiger partial charge in [0.2, 0.25) is 5.91 Å². The van der Waals surface area contributed by atoms with Crippen molar-refractivity contribution >= 4 is 34.3 Å². The molecule has 144 valence electrons. The third-order valence-corrected chi connectivity index (χ3v) is 6.19. The summed E-state index contributed by atoms with van der Waals surface area (Å²) in [5.74, 6) is 0.0861. The van der Waals surface area contributed by atoms with Gasteiger partial charge >= 0.3 is 0 Å². The van der Waals surface area contributed by atoms with Crippen LogP contribution in [0.1, 0.15) is 24.1 Å². The van der Waals surface area contributed by atoms with E-state index in [9.17, 15) is 4.79 Å². The summed E-state index contributed by atoms with van der Waals surface area (Å²) in [4.78, 5) is 18.6. The van der Waals surface area contributed by atoms with Gasteiger partial charge in [0.25, 0.3) is 0 Å². The van der Waals surface area contributed by atoms with Gasteiger partial charge in [0, 0.05) is 43.2 Å². The first-order valence-electron chi connectivity index (χ1n) is 9.83. The Balaban J connectivity index is 1.50. The highest BCUT2D eigenvalue weighted by molar-refractivity contribution is 7.09. The molecular weight excluding hydrogens is 358 g/mol. The molecule has 0 spiro atoms. The number of morpholine rings is 1. The summed E-state index contributed by atoms with van der Waals surface area (Å²) in [5.41, 5.74) is 3.25. The molecule has 0 atom stereocenters. The number of carbonyl (C=O) groups excluding carboxylic acids is 1. The fourth-order valence-corrected chi connectivity index (χ4v) is 4.49. The van der Waals surface area contributed by atoms with Crippen LogP contribution in [0.4, 0.5) is 17.1 Å². The molecular formula is C21H27N3O2S. The number of hydrogen-bond acceptors (Lipinski definition) is 5. The van der Waals surface area contributed by atoms with Crippen LogP contribution < -0.4 is 15.1 Å². The predicted octanol–water partition coefficient (Wildman–Crippen LogP) is 3.76. The molecule has 4 rings (SSSR count). The van der Waals surface area contributed by atoms with E-state index in [-0.39, 0.29) is 5.91 Å². The second-order valence-corrected chi connectivity index (χ2v) is 8.15. The fourth-order valence-electron chi connectivity index (χ4n) is 3.78. The van der Waals surface area contributed by atoms with E-state index >= 15 is 0 Å². The first-order valence-corrected chi connectivity index (χ1v) is 10.7. The van der Waals surface area contributed by atoms with Crippen LogP contribution in [0.3, 0.4) is 0 Å². The van der Waals surface area contributed by atoms with Crippen molar-refractivity contribution in [3.8, 4) is 0 Å². The minimum atomic E-state index is 0.0861. The molecule has 0 aliphatic carbocycles. The molecule has 6 heteroatoms. The van der Waals surface area contributed by atoms with Gasteiger partial charge in [-0.1, -0.05) is 6.07 Å². The van der Waals surface area contributed by atoms with Gasteiger partial charge in [-0.05, 0) is 48.9 Å². The number of aryl methyl sites for hydroxylation is 1. The lowest BCUT2D eigenvalue weighted by molar-refractivity contribution is -0.116. The zero-order valence-electron chi connectivity index (χ0n) is 15.7. The first-order chi connectivity index (χ1) is 13.3. The highest BCUT2D eigenvalue weighted by atomic mass is 32.1. The Morgan fingerprint density at radius 1 is 1.07 bits per heavy atom. The van der Waals surface area contributed by atoms with Crippen molar-refractivity contribution in [2.75, 3.05) is 54.5 Å². The second-order valence-electron chi connectivity index (χ2n) is 7.12. The van der Waals surface area contributed by atoms with Crippen molar-refractivity contribution in [1.29, 1.82) is 0 Å². The van der Waals surface area contributed by atoms with Crippen LogP contribution >= 0.6 is 11.3 Å². The molecule has 2 saturated heterocycles. The van der Waals surface area contributed by atoms with Crippen LogP contribution in [0.5, 0.6) is 0 Å². The Labute approximate surface area is 164 Å². The fraction of sp³-hybridized carbons (Fsp3) is 0.476. The Morgan fingerprint density at radius 2 is 1.89 bits per heavy atom. The van der Waals surface area contributed by atoms with E-state index in [1.165, 1.54) is 17.7 Å². The number of carbonyl (C=O) groups is 1. The lowest BCUT2D eigenvalue weighted by atomic mass is 10.1. The largest absolute Gasteiger partial charge is 0.378 e. The number of anilines is 3. The van der Waals surface area contributed by atoms with Crippen molar-refractivity contribution in [3.63, 3.8) is 0 Å². The number of thiophene rings is 1. The summed E-state index contributed by atoms with van der Waals surface area (Å²) in [6.07, 6.45) is 3.75. The molecule has 27 heavy (non-hydrogen) atoms. The predicted molar refractivity (Wildman–Crippen MR) is 112 cm³/mol. The van der Waals surface area contributed by atoms with Gasteiger partial charge in [-0.25, -0.2) is 0 Å². The smallest absolute Gasteiger partial charge is 0.224 e. The lowest BCUT2D eigenvalue weighted by Crippen LogP contribution is -2.36. The van der Waals surface area contributed by atoms with E-state index in [1.807, 2.05) is 6.07 Å². The number of amides is 1. The molecule has 1 aromatic heterocycles. The normalized spacial score (nSPS) is 17.3. The first kappa shape index (κ1) is 18.3. The van der Waals surface area contributed by atoms with Crippen LogP contribution in [0.25, 0.3) is 0 Å². The monoisotopic (exact) mass is 385 g/mol. The minimum Gasteiger partial charge on any atom is -0.378 e. The summed E-state index contributed by atoms with van der Waals surface area (Å²) in [6, 6.07) is 10.6. The summed E-state index contributed by atoms with van der Waals surface area (Å²) in [6.45, 7) is 5.44. The van der Waals surface area contributed by atoms with E-state index < -0.39 is 0 Å². The molecule has 0 unspecified atom stereocenters. The number of benzene rings is 1. The third-order valence-electron chi connectivity index (χ3n) is 5.26. The molecule has 0 radical (unpaired) electrons. The van der Waals surface area contributed by atoms with Crippen LogP contribution in [0.15, 0.2) is 35.7 Å². The average Bonchev–Trinajstić information content (AvgIpc) is 3.41. The van der Waals surface area contributed by atoms with Gasteiger partial charge in [-0.3, -0.25) is 4.79 Å². The molecule has 0 bridgehead atoms. The Kier molecular flexibility index (Phi) is 5.94. The van der Waals surface area contributed by atoms with Crippen LogP contribution in [0.2, 0.25) is 0 Å². The van der Waals surface area contributed by atoms with Gasteiger partial charge in [0.15, 0.2) is 0 Å².